The monoisotopic (exact) mass is 408 g/mol. The molecule has 8 heteroatoms. The average molecular weight is 408 g/mol. The summed E-state index contributed by atoms with van der Waals surface area (Å²) >= 11 is 0. The summed E-state index contributed by atoms with van der Waals surface area (Å²) in [6, 6.07) is 2.47. The highest BCUT2D eigenvalue weighted by Gasteiger charge is 2.24. The Morgan fingerprint density at radius 2 is 1.21 bits per heavy atom. The molecule has 0 spiro atoms. The Morgan fingerprint density at radius 3 is 1.66 bits per heavy atom. The third-order valence-corrected chi connectivity index (χ3v) is 3.77. The minimum atomic E-state index is -0.669. The van der Waals surface area contributed by atoms with Crippen LogP contribution < -0.4 is 14.2 Å². The third-order valence-electron chi connectivity index (χ3n) is 3.77. The Hall–Kier alpha value is -2.90. The van der Waals surface area contributed by atoms with Crippen LogP contribution in [0.1, 0.15) is 76.6 Å². The second-order valence-electron chi connectivity index (χ2n) is 6.13. The molecule has 0 saturated heterocycles. The lowest BCUT2D eigenvalue weighted by Crippen LogP contribution is -2.15. The van der Waals surface area contributed by atoms with Crippen molar-refractivity contribution in [1.82, 2.24) is 0 Å². The fraction of sp³-hybridized carbons (Fsp3) is 0.524. The quantitative estimate of drug-likeness (QED) is 0.308. The van der Waals surface area contributed by atoms with E-state index in [1.807, 2.05) is 6.92 Å². The molecule has 0 fully saturated rings. The average Bonchev–Trinajstić information content (AvgIpc) is 2.72. The largest absolute Gasteiger partial charge is 0.462 e. The maximum absolute atomic E-state index is 12.4. The van der Waals surface area contributed by atoms with Gasteiger partial charge in [-0.15, -0.1) is 0 Å². The van der Waals surface area contributed by atoms with Crippen LogP contribution in [-0.2, 0) is 19.1 Å². The standard InChI is InChI=1S/C21H28O8/c1-5-9-10-11-26-21(25)14-12-15(27-17(22)6-2)20(29-19(24)8-4)16(13-14)28-18(23)7-3/h12-13H,5-11H2,1-4H3. The molecular formula is C21H28O8. The lowest BCUT2D eigenvalue weighted by atomic mass is 10.1. The fourth-order valence-electron chi connectivity index (χ4n) is 2.12. The molecule has 0 atom stereocenters. The number of carbonyl (C=O) groups is 4. The van der Waals surface area contributed by atoms with E-state index < -0.39 is 23.9 Å². The molecule has 0 aliphatic rings. The third kappa shape index (κ3) is 7.93. The van der Waals surface area contributed by atoms with Gasteiger partial charge >= 0.3 is 23.9 Å². The van der Waals surface area contributed by atoms with Gasteiger partial charge in [0.1, 0.15) is 0 Å². The molecule has 0 bridgehead atoms. The Balaban J connectivity index is 3.35. The van der Waals surface area contributed by atoms with Crippen molar-refractivity contribution in [3.05, 3.63) is 17.7 Å². The maximum Gasteiger partial charge on any atom is 0.338 e. The van der Waals surface area contributed by atoms with Gasteiger partial charge in [0, 0.05) is 19.3 Å². The highest BCUT2D eigenvalue weighted by Crippen LogP contribution is 2.40. The zero-order valence-corrected chi connectivity index (χ0v) is 17.4. The lowest BCUT2D eigenvalue weighted by molar-refractivity contribution is -0.137. The Labute approximate surface area is 170 Å². The summed E-state index contributed by atoms with van der Waals surface area (Å²) in [7, 11) is 0. The second kappa shape index (κ2) is 12.5. The van der Waals surface area contributed by atoms with Crippen LogP contribution in [0.2, 0.25) is 0 Å². The lowest BCUT2D eigenvalue weighted by Gasteiger charge is -2.16. The van der Waals surface area contributed by atoms with Crippen LogP contribution in [0, 0.1) is 0 Å². The highest BCUT2D eigenvalue weighted by atomic mass is 16.6. The van der Waals surface area contributed by atoms with Crippen LogP contribution in [0.5, 0.6) is 17.2 Å². The maximum atomic E-state index is 12.4. The van der Waals surface area contributed by atoms with Crippen LogP contribution in [0.4, 0.5) is 0 Å². The number of benzene rings is 1. The molecule has 0 aliphatic heterocycles. The summed E-state index contributed by atoms with van der Waals surface area (Å²) in [6.07, 6.45) is 2.75. The van der Waals surface area contributed by atoms with E-state index in [4.69, 9.17) is 18.9 Å². The fourth-order valence-corrected chi connectivity index (χ4v) is 2.12. The molecule has 160 valence electrons. The van der Waals surface area contributed by atoms with Gasteiger partial charge in [-0.05, 0) is 18.6 Å². The molecule has 0 aromatic heterocycles. The van der Waals surface area contributed by atoms with E-state index in [0.29, 0.717) is 6.42 Å². The number of unbranched alkanes of at least 4 members (excludes halogenated alkanes) is 2. The molecule has 8 nitrogen and oxygen atoms in total. The molecule has 0 aliphatic carbocycles. The number of carbonyl (C=O) groups excluding carboxylic acids is 4. The Bertz CT molecular complexity index is 699. The molecule has 0 saturated carbocycles. The summed E-state index contributed by atoms with van der Waals surface area (Å²) < 4.78 is 20.9. The minimum Gasteiger partial charge on any atom is -0.462 e. The summed E-state index contributed by atoms with van der Waals surface area (Å²) in [5, 5.41) is 0. The number of esters is 4. The molecular weight excluding hydrogens is 380 g/mol. The normalized spacial score (nSPS) is 10.2. The molecule has 1 aromatic rings. The molecule has 1 rings (SSSR count). The van der Waals surface area contributed by atoms with Crippen molar-refractivity contribution in [2.75, 3.05) is 6.61 Å². The zero-order valence-electron chi connectivity index (χ0n) is 17.4. The minimum absolute atomic E-state index is 0.00982. The Kier molecular flexibility index (Phi) is 10.4. The number of hydrogen-bond acceptors (Lipinski definition) is 8. The van der Waals surface area contributed by atoms with E-state index in [2.05, 4.69) is 0 Å². The van der Waals surface area contributed by atoms with E-state index in [9.17, 15) is 19.2 Å². The molecule has 0 heterocycles. The van der Waals surface area contributed by atoms with Gasteiger partial charge in [0.15, 0.2) is 11.5 Å². The highest BCUT2D eigenvalue weighted by molar-refractivity contribution is 5.92. The van der Waals surface area contributed by atoms with Gasteiger partial charge in [0.05, 0.1) is 12.2 Å². The molecule has 0 radical (unpaired) electrons. The van der Waals surface area contributed by atoms with Gasteiger partial charge in [0.2, 0.25) is 5.75 Å². The van der Waals surface area contributed by atoms with Crippen molar-refractivity contribution in [2.24, 2.45) is 0 Å². The van der Waals surface area contributed by atoms with Gasteiger partial charge in [-0.25, -0.2) is 4.79 Å². The number of hydrogen-bond donors (Lipinski definition) is 0. The van der Waals surface area contributed by atoms with Crippen LogP contribution in [0.25, 0.3) is 0 Å². The van der Waals surface area contributed by atoms with Crippen molar-refractivity contribution < 1.29 is 38.1 Å². The van der Waals surface area contributed by atoms with E-state index in [0.717, 1.165) is 12.8 Å². The number of rotatable bonds is 11. The van der Waals surface area contributed by atoms with Crippen molar-refractivity contribution in [3.8, 4) is 17.2 Å². The van der Waals surface area contributed by atoms with Crippen molar-refractivity contribution in [3.63, 3.8) is 0 Å². The topological polar surface area (TPSA) is 105 Å². The van der Waals surface area contributed by atoms with Crippen molar-refractivity contribution in [1.29, 1.82) is 0 Å². The first kappa shape index (κ1) is 24.1. The van der Waals surface area contributed by atoms with E-state index in [1.165, 1.54) is 12.1 Å². The van der Waals surface area contributed by atoms with Gasteiger partial charge in [-0.3, -0.25) is 14.4 Å². The van der Waals surface area contributed by atoms with Crippen LogP contribution in [0.3, 0.4) is 0 Å². The SMILES string of the molecule is CCCCCOC(=O)c1cc(OC(=O)CC)c(OC(=O)CC)c(OC(=O)CC)c1. The summed E-state index contributed by atoms with van der Waals surface area (Å²) in [5.41, 5.74) is 0.00982. The molecule has 0 unspecified atom stereocenters. The summed E-state index contributed by atoms with van der Waals surface area (Å²) in [5.74, 6) is -3.14. The number of ether oxygens (including phenoxy) is 4. The van der Waals surface area contributed by atoms with Gasteiger partial charge in [-0.2, -0.15) is 0 Å². The van der Waals surface area contributed by atoms with Crippen LogP contribution >= 0.6 is 0 Å². The van der Waals surface area contributed by atoms with Crippen molar-refractivity contribution >= 4 is 23.9 Å². The smallest absolute Gasteiger partial charge is 0.338 e. The van der Waals surface area contributed by atoms with Crippen LogP contribution in [-0.4, -0.2) is 30.5 Å². The Morgan fingerprint density at radius 1 is 0.724 bits per heavy atom. The van der Waals surface area contributed by atoms with Crippen molar-refractivity contribution in [2.45, 2.75) is 66.2 Å². The predicted molar refractivity (Wildman–Crippen MR) is 104 cm³/mol. The van der Waals surface area contributed by atoms with Gasteiger partial charge in [-0.1, -0.05) is 40.5 Å². The second-order valence-corrected chi connectivity index (χ2v) is 6.13. The molecule has 0 N–H and O–H groups in total. The predicted octanol–water partition coefficient (Wildman–Crippen LogP) is 3.98. The molecule has 29 heavy (non-hydrogen) atoms. The van der Waals surface area contributed by atoms with E-state index in [-0.39, 0.29) is 48.7 Å². The van der Waals surface area contributed by atoms with E-state index >= 15 is 0 Å². The first-order valence-corrected chi connectivity index (χ1v) is 9.83. The summed E-state index contributed by atoms with van der Waals surface area (Å²) in [4.78, 5) is 47.9. The summed E-state index contributed by atoms with van der Waals surface area (Å²) in [6.45, 7) is 7.02. The zero-order chi connectivity index (χ0) is 21.8. The van der Waals surface area contributed by atoms with E-state index in [1.54, 1.807) is 20.8 Å². The molecule has 1 aromatic carbocycles. The first-order chi connectivity index (χ1) is 13.9. The first-order valence-electron chi connectivity index (χ1n) is 9.83. The van der Waals surface area contributed by atoms with Crippen LogP contribution in [0.15, 0.2) is 12.1 Å². The van der Waals surface area contributed by atoms with Gasteiger partial charge < -0.3 is 18.9 Å². The van der Waals surface area contributed by atoms with Gasteiger partial charge in [0.25, 0.3) is 0 Å². The molecule has 0 amide bonds.